The van der Waals surface area contributed by atoms with Crippen LogP contribution in [0.1, 0.15) is 23.9 Å². The molecule has 1 aromatic carbocycles. The van der Waals surface area contributed by atoms with Gasteiger partial charge in [-0.2, -0.15) is 0 Å². The fourth-order valence-electron chi connectivity index (χ4n) is 2.28. The second kappa shape index (κ2) is 8.49. The number of carbonyl (C=O) groups excluding carboxylic acids is 1. The van der Waals surface area contributed by atoms with Crippen molar-refractivity contribution in [1.29, 1.82) is 0 Å². The van der Waals surface area contributed by atoms with Gasteiger partial charge in [0.25, 0.3) is 0 Å². The molecule has 1 unspecified atom stereocenters. The molecule has 1 heterocycles. The molecule has 2 rings (SSSR count). The van der Waals surface area contributed by atoms with Gasteiger partial charge in [0.1, 0.15) is 18.1 Å². The second-order valence-corrected chi connectivity index (χ2v) is 5.98. The molecule has 0 bridgehead atoms. The Balaban J connectivity index is 1.71. The number of aromatic nitrogens is 1. The summed E-state index contributed by atoms with van der Waals surface area (Å²) < 4.78 is 10.7. The quantitative estimate of drug-likeness (QED) is 0.752. The molecule has 0 radical (unpaired) electrons. The lowest BCUT2D eigenvalue weighted by molar-refractivity contribution is -0.125. The van der Waals surface area contributed by atoms with Crippen molar-refractivity contribution in [3.05, 3.63) is 47.3 Å². The van der Waals surface area contributed by atoms with E-state index in [9.17, 15) is 4.79 Å². The normalized spacial score (nSPS) is 12.2. The van der Waals surface area contributed by atoms with Crippen LogP contribution in [0.15, 0.2) is 34.9 Å². The minimum absolute atomic E-state index is 0.0365. The van der Waals surface area contributed by atoms with E-state index in [2.05, 4.69) is 10.5 Å². The number of nitrogens with zero attached hydrogens (tertiary/aromatic N) is 2. The minimum Gasteiger partial charge on any atom is -0.492 e. The first-order chi connectivity index (χ1) is 11.5. The smallest absolute Gasteiger partial charge is 0.237 e. The van der Waals surface area contributed by atoms with Crippen LogP contribution in [-0.2, 0) is 11.3 Å². The maximum absolute atomic E-state index is 12.2. The van der Waals surface area contributed by atoms with E-state index in [4.69, 9.17) is 9.26 Å². The number of likely N-dealkylation sites (N-methyl/N-ethyl adjacent to an activating group) is 1. The predicted molar refractivity (Wildman–Crippen MR) is 91.9 cm³/mol. The van der Waals surface area contributed by atoms with Crippen molar-refractivity contribution >= 4 is 5.91 Å². The van der Waals surface area contributed by atoms with Crippen LogP contribution >= 0.6 is 0 Å². The van der Waals surface area contributed by atoms with E-state index in [1.54, 1.807) is 0 Å². The number of carbonyl (C=O) groups is 1. The number of hydrogen-bond donors (Lipinski definition) is 1. The molecule has 1 amide bonds. The first-order valence-corrected chi connectivity index (χ1v) is 8.05. The van der Waals surface area contributed by atoms with Crippen LogP contribution in [-0.4, -0.2) is 42.2 Å². The van der Waals surface area contributed by atoms with E-state index in [1.165, 1.54) is 0 Å². The lowest BCUT2D eigenvalue weighted by Gasteiger charge is -2.22. The second-order valence-electron chi connectivity index (χ2n) is 5.98. The topological polar surface area (TPSA) is 67.6 Å². The highest BCUT2D eigenvalue weighted by Crippen LogP contribution is 2.12. The van der Waals surface area contributed by atoms with Gasteiger partial charge in [-0.25, -0.2) is 0 Å². The van der Waals surface area contributed by atoms with E-state index in [0.29, 0.717) is 19.7 Å². The van der Waals surface area contributed by atoms with Gasteiger partial charge in [0.15, 0.2) is 0 Å². The van der Waals surface area contributed by atoms with E-state index in [1.807, 2.05) is 63.1 Å². The SMILES string of the molecule is Cc1cccc(OCCNC(=O)C(C)N(C)Cc2cc(C)on2)c1. The molecule has 0 fully saturated rings. The first-order valence-electron chi connectivity index (χ1n) is 8.05. The average molecular weight is 331 g/mol. The standard InChI is InChI=1S/C18H25N3O3/c1-13-6-5-7-17(10-13)23-9-8-19-18(22)15(3)21(4)12-16-11-14(2)24-20-16/h5-7,10-11,15H,8-9,12H2,1-4H3,(H,19,22). The summed E-state index contributed by atoms with van der Waals surface area (Å²) in [6.07, 6.45) is 0. The van der Waals surface area contributed by atoms with Gasteiger partial charge in [0.05, 0.1) is 18.3 Å². The average Bonchev–Trinajstić information content (AvgIpc) is 2.95. The van der Waals surface area contributed by atoms with Gasteiger partial charge in [-0.1, -0.05) is 17.3 Å². The summed E-state index contributed by atoms with van der Waals surface area (Å²) in [5, 5.41) is 6.83. The lowest BCUT2D eigenvalue weighted by atomic mass is 10.2. The summed E-state index contributed by atoms with van der Waals surface area (Å²) in [5.74, 6) is 1.55. The summed E-state index contributed by atoms with van der Waals surface area (Å²) >= 11 is 0. The van der Waals surface area contributed by atoms with E-state index in [-0.39, 0.29) is 11.9 Å². The van der Waals surface area contributed by atoms with Crippen LogP contribution in [0.2, 0.25) is 0 Å². The Morgan fingerprint density at radius 2 is 2.17 bits per heavy atom. The molecular weight excluding hydrogens is 306 g/mol. The molecule has 2 aromatic rings. The first kappa shape index (κ1) is 18.0. The Bertz CT molecular complexity index is 669. The van der Waals surface area contributed by atoms with Crippen LogP contribution < -0.4 is 10.1 Å². The van der Waals surface area contributed by atoms with E-state index >= 15 is 0 Å². The molecule has 1 N–H and O–H groups in total. The molecule has 0 aliphatic carbocycles. The molecule has 130 valence electrons. The number of hydrogen-bond acceptors (Lipinski definition) is 5. The highest BCUT2D eigenvalue weighted by molar-refractivity contribution is 5.81. The maximum atomic E-state index is 12.2. The van der Waals surface area contributed by atoms with Crippen molar-refractivity contribution in [2.24, 2.45) is 0 Å². The zero-order chi connectivity index (χ0) is 17.5. The van der Waals surface area contributed by atoms with Gasteiger partial charge in [0, 0.05) is 12.6 Å². The molecule has 0 aliphatic rings. The van der Waals surface area contributed by atoms with Gasteiger partial charge in [-0.3, -0.25) is 9.69 Å². The molecule has 0 spiro atoms. The van der Waals surface area contributed by atoms with Gasteiger partial charge < -0.3 is 14.6 Å². The molecule has 0 aliphatic heterocycles. The highest BCUT2D eigenvalue weighted by Gasteiger charge is 2.18. The number of amides is 1. The molecular formula is C18H25N3O3. The molecule has 1 atom stereocenters. The van der Waals surface area contributed by atoms with Crippen LogP contribution in [0, 0.1) is 13.8 Å². The van der Waals surface area contributed by atoms with Crippen LogP contribution in [0.5, 0.6) is 5.75 Å². The number of rotatable bonds is 8. The summed E-state index contributed by atoms with van der Waals surface area (Å²) in [4.78, 5) is 14.1. The van der Waals surface area contributed by atoms with E-state index < -0.39 is 0 Å². The fraction of sp³-hybridized carbons (Fsp3) is 0.444. The number of aryl methyl sites for hydroxylation is 2. The van der Waals surface area contributed by atoms with Crippen molar-refractivity contribution in [1.82, 2.24) is 15.4 Å². The molecule has 6 nitrogen and oxygen atoms in total. The van der Waals surface area contributed by atoms with Crippen molar-refractivity contribution in [3.63, 3.8) is 0 Å². The van der Waals surface area contributed by atoms with Crippen LogP contribution in [0.4, 0.5) is 0 Å². The minimum atomic E-state index is -0.263. The number of nitrogens with one attached hydrogen (secondary N) is 1. The van der Waals surface area contributed by atoms with Crippen molar-refractivity contribution in [2.45, 2.75) is 33.4 Å². The molecule has 0 saturated carbocycles. The Morgan fingerprint density at radius 1 is 1.38 bits per heavy atom. The van der Waals surface area contributed by atoms with E-state index in [0.717, 1.165) is 22.8 Å². The van der Waals surface area contributed by atoms with Gasteiger partial charge in [-0.15, -0.1) is 0 Å². The third-order valence-corrected chi connectivity index (χ3v) is 3.79. The lowest BCUT2D eigenvalue weighted by Crippen LogP contribution is -2.44. The summed E-state index contributed by atoms with van der Waals surface area (Å²) in [5.41, 5.74) is 1.97. The third kappa shape index (κ3) is 5.38. The monoisotopic (exact) mass is 331 g/mol. The van der Waals surface area contributed by atoms with Gasteiger partial charge in [-0.05, 0) is 45.5 Å². The number of ether oxygens (including phenoxy) is 1. The summed E-state index contributed by atoms with van der Waals surface area (Å²) in [7, 11) is 1.89. The predicted octanol–water partition coefficient (Wildman–Crippen LogP) is 2.31. The Kier molecular flexibility index (Phi) is 6.37. The Hall–Kier alpha value is -2.34. The zero-order valence-corrected chi connectivity index (χ0v) is 14.7. The third-order valence-electron chi connectivity index (χ3n) is 3.79. The Morgan fingerprint density at radius 3 is 2.83 bits per heavy atom. The maximum Gasteiger partial charge on any atom is 0.237 e. The molecule has 6 heteroatoms. The molecule has 24 heavy (non-hydrogen) atoms. The largest absolute Gasteiger partial charge is 0.492 e. The highest BCUT2D eigenvalue weighted by atomic mass is 16.5. The van der Waals surface area contributed by atoms with Crippen molar-refractivity contribution < 1.29 is 14.1 Å². The van der Waals surface area contributed by atoms with Gasteiger partial charge in [0.2, 0.25) is 5.91 Å². The summed E-state index contributed by atoms with van der Waals surface area (Å²) in [6, 6.07) is 9.45. The van der Waals surface area contributed by atoms with Gasteiger partial charge >= 0.3 is 0 Å². The van der Waals surface area contributed by atoms with Crippen LogP contribution in [0.3, 0.4) is 0 Å². The summed E-state index contributed by atoms with van der Waals surface area (Å²) in [6.45, 7) is 7.20. The molecule has 0 saturated heterocycles. The van der Waals surface area contributed by atoms with Crippen LogP contribution in [0.25, 0.3) is 0 Å². The number of benzene rings is 1. The molecule has 1 aromatic heterocycles. The van der Waals surface area contributed by atoms with Crippen molar-refractivity contribution in [2.75, 3.05) is 20.2 Å². The zero-order valence-electron chi connectivity index (χ0n) is 14.7. The Labute approximate surface area is 142 Å². The fourth-order valence-corrected chi connectivity index (χ4v) is 2.28. The van der Waals surface area contributed by atoms with Crippen molar-refractivity contribution in [3.8, 4) is 5.75 Å².